The van der Waals surface area contributed by atoms with Crippen LogP contribution in [0.3, 0.4) is 0 Å². The molecule has 1 fully saturated rings. The number of ether oxygens (including phenoxy) is 1. The van der Waals surface area contributed by atoms with Gasteiger partial charge < -0.3 is 9.84 Å². The molecule has 1 rings (SSSR count). The lowest BCUT2D eigenvalue weighted by molar-refractivity contribution is -0.0123. The highest BCUT2D eigenvalue weighted by molar-refractivity contribution is 5.67. The molecule has 0 saturated heterocycles. The molecule has 0 aliphatic heterocycles. The second-order valence-electron chi connectivity index (χ2n) is 6.74. The normalized spacial score (nSPS) is 18.6. The van der Waals surface area contributed by atoms with Crippen molar-refractivity contribution in [2.24, 2.45) is 0 Å². The maximum atomic E-state index is 11.9. The molecule has 1 aliphatic rings. The van der Waals surface area contributed by atoms with E-state index in [0.717, 1.165) is 38.5 Å². The van der Waals surface area contributed by atoms with E-state index in [-0.39, 0.29) is 6.09 Å². The zero-order chi connectivity index (χ0) is 15.2. The molecule has 0 radical (unpaired) electrons. The van der Waals surface area contributed by atoms with Crippen LogP contribution in [0.15, 0.2) is 0 Å². The van der Waals surface area contributed by atoms with Gasteiger partial charge in [0, 0.05) is 13.6 Å². The van der Waals surface area contributed by atoms with Crippen molar-refractivity contribution >= 4 is 6.09 Å². The minimum absolute atomic E-state index is 0.365. The second-order valence-corrected chi connectivity index (χ2v) is 6.74. The first-order valence-electron chi connectivity index (χ1n) is 7.66. The van der Waals surface area contributed by atoms with Gasteiger partial charge >= 0.3 is 6.09 Å². The van der Waals surface area contributed by atoms with Gasteiger partial charge in [0.05, 0.1) is 5.60 Å². The number of aliphatic hydroxyl groups is 1. The summed E-state index contributed by atoms with van der Waals surface area (Å²) in [5, 5.41) is 11.9. The van der Waals surface area contributed by atoms with Crippen LogP contribution in [0.2, 0.25) is 0 Å². The van der Waals surface area contributed by atoms with Crippen LogP contribution < -0.4 is 5.43 Å². The Morgan fingerprint density at radius 3 is 2.40 bits per heavy atom. The van der Waals surface area contributed by atoms with Gasteiger partial charge in [0.2, 0.25) is 0 Å². The summed E-state index contributed by atoms with van der Waals surface area (Å²) in [5.41, 5.74) is 1.84. The van der Waals surface area contributed by atoms with Gasteiger partial charge in [0.1, 0.15) is 5.60 Å². The van der Waals surface area contributed by atoms with E-state index >= 15 is 0 Å². The lowest BCUT2D eigenvalue weighted by atomic mass is 9.82. The van der Waals surface area contributed by atoms with Gasteiger partial charge in [-0.1, -0.05) is 19.3 Å². The summed E-state index contributed by atoms with van der Waals surface area (Å²) in [7, 11) is 1.71. The molecule has 0 aromatic carbocycles. The Bertz CT molecular complexity index is 307. The van der Waals surface area contributed by atoms with Gasteiger partial charge in [-0.25, -0.2) is 15.2 Å². The third-order valence-corrected chi connectivity index (χ3v) is 3.69. The molecule has 0 unspecified atom stereocenters. The Morgan fingerprint density at radius 1 is 1.30 bits per heavy atom. The zero-order valence-corrected chi connectivity index (χ0v) is 13.4. The van der Waals surface area contributed by atoms with Gasteiger partial charge in [-0.15, -0.1) is 0 Å². The largest absolute Gasteiger partial charge is 0.443 e. The summed E-state index contributed by atoms with van der Waals surface area (Å²) < 4.78 is 5.32. The Hall–Kier alpha value is -0.810. The Balaban J connectivity index is 2.35. The van der Waals surface area contributed by atoms with E-state index in [4.69, 9.17) is 4.74 Å². The molecule has 0 aromatic heterocycles. The molecule has 0 spiro atoms. The third-order valence-electron chi connectivity index (χ3n) is 3.69. The predicted molar refractivity (Wildman–Crippen MR) is 79.3 cm³/mol. The first-order valence-corrected chi connectivity index (χ1v) is 7.66. The van der Waals surface area contributed by atoms with Gasteiger partial charge in [0.15, 0.2) is 0 Å². The van der Waals surface area contributed by atoms with Crippen LogP contribution in [-0.4, -0.2) is 41.0 Å². The van der Waals surface area contributed by atoms with Crippen molar-refractivity contribution in [1.29, 1.82) is 0 Å². The molecule has 1 saturated carbocycles. The van der Waals surface area contributed by atoms with E-state index in [1.807, 2.05) is 20.8 Å². The number of hydrazine groups is 1. The number of nitrogens with one attached hydrogen (secondary N) is 1. The number of nitrogens with zero attached hydrogens (tertiary/aromatic N) is 1. The van der Waals surface area contributed by atoms with E-state index in [2.05, 4.69) is 5.43 Å². The van der Waals surface area contributed by atoms with Crippen LogP contribution in [0.25, 0.3) is 0 Å². The summed E-state index contributed by atoms with van der Waals surface area (Å²) in [5.74, 6) is 0. The van der Waals surface area contributed by atoms with Crippen molar-refractivity contribution < 1.29 is 14.6 Å². The van der Waals surface area contributed by atoms with Crippen molar-refractivity contribution in [1.82, 2.24) is 10.4 Å². The average Bonchev–Trinajstić information content (AvgIpc) is 2.33. The summed E-state index contributed by atoms with van der Waals surface area (Å²) >= 11 is 0. The molecular weight excluding hydrogens is 256 g/mol. The monoisotopic (exact) mass is 286 g/mol. The lowest BCUT2D eigenvalue weighted by Gasteiger charge is -2.33. The minimum Gasteiger partial charge on any atom is -0.443 e. The summed E-state index contributed by atoms with van der Waals surface area (Å²) in [6, 6.07) is 0. The number of carbonyl (C=O) groups is 1. The van der Waals surface area contributed by atoms with Gasteiger partial charge in [0.25, 0.3) is 0 Å². The van der Waals surface area contributed by atoms with Crippen LogP contribution in [0.5, 0.6) is 0 Å². The summed E-state index contributed by atoms with van der Waals surface area (Å²) in [6.45, 7) is 6.10. The summed E-state index contributed by atoms with van der Waals surface area (Å²) in [6.07, 6.45) is 6.37. The maximum Gasteiger partial charge on any atom is 0.424 e. The molecule has 0 bridgehead atoms. The molecule has 0 atom stereocenters. The highest BCUT2D eigenvalue weighted by Gasteiger charge is 2.29. The van der Waals surface area contributed by atoms with E-state index < -0.39 is 11.2 Å². The molecular formula is C15H30N2O3. The molecule has 118 valence electrons. The van der Waals surface area contributed by atoms with Crippen LogP contribution in [-0.2, 0) is 4.74 Å². The van der Waals surface area contributed by atoms with Gasteiger partial charge in [-0.05, 0) is 46.5 Å². The van der Waals surface area contributed by atoms with Crippen molar-refractivity contribution in [3.8, 4) is 0 Å². The topological polar surface area (TPSA) is 61.8 Å². The van der Waals surface area contributed by atoms with E-state index in [9.17, 15) is 9.90 Å². The fraction of sp³-hybridized carbons (Fsp3) is 0.933. The second kappa shape index (κ2) is 7.27. The quantitative estimate of drug-likeness (QED) is 0.763. The molecule has 5 nitrogen and oxygen atoms in total. The lowest BCUT2D eigenvalue weighted by Crippen LogP contribution is -2.44. The number of amides is 1. The number of hydrogen-bond acceptors (Lipinski definition) is 4. The van der Waals surface area contributed by atoms with Crippen LogP contribution in [0.4, 0.5) is 4.79 Å². The predicted octanol–water partition coefficient (Wildman–Crippen LogP) is 2.83. The minimum atomic E-state index is -0.522. The molecule has 1 aliphatic carbocycles. The molecule has 5 heteroatoms. The molecule has 1 amide bonds. The Morgan fingerprint density at radius 2 is 1.90 bits per heavy atom. The van der Waals surface area contributed by atoms with Gasteiger partial charge in [-0.3, -0.25) is 0 Å². The standard InChI is InChI=1S/C15H30N2O3/c1-14(2,3)20-13(18)17(16-4)12-8-11-15(19)9-6-5-7-10-15/h16,19H,5-12H2,1-4H3. The number of rotatable bonds is 5. The fourth-order valence-corrected chi connectivity index (χ4v) is 2.64. The van der Waals surface area contributed by atoms with Crippen molar-refractivity contribution in [2.75, 3.05) is 13.6 Å². The zero-order valence-electron chi connectivity index (χ0n) is 13.4. The Kier molecular flexibility index (Phi) is 6.27. The highest BCUT2D eigenvalue weighted by Crippen LogP contribution is 2.31. The SMILES string of the molecule is CNN(CCCC1(O)CCCCC1)C(=O)OC(C)(C)C. The van der Waals surface area contributed by atoms with Crippen LogP contribution in [0.1, 0.15) is 65.7 Å². The first-order chi connectivity index (χ1) is 9.26. The number of hydrogen-bond donors (Lipinski definition) is 2. The molecule has 2 N–H and O–H groups in total. The fourth-order valence-electron chi connectivity index (χ4n) is 2.64. The average molecular weight is 286 g/mol. The van der Waals surface area contributed by atoms with Crippen molar-refractivity contribution in [3.05, 3.63) is 0 Å². The number of carbonyl (C=O) groups excluding carboxylic acids is 1. The first kappa shape index (κ1) is 17.2. The van der Waals surface area contributed by atoms with E-state index in [0.29, 0.717) is 6.54 Å². The van der Waals surface area contributed by atoms with Crippen LogP contribution >= 0.6 is 0 Å². The van der Waals surface area contributed by atoms with E-state index in [1.165, 1.54) is 11.4 Å². The van der Waals surface area contributed by atoms with Gasteiger partial charge in [-0.2, -0.15) is 0 Å². The van der Waals surface area contributed by atoms with E-state index in [1.54, 1.807) is 7.05 Å². The van der Waals surface area contributed by atoms with Crippen LogP contribution in [0, 0.1) is 0 Å². The molecule has 0 aromatic rings. The Labute approximate surface area is 122 Å². The molecule has 20 heavy (non-hydrogen) atoms. The third kappa shape index (κ3) is 6.09. The smallest absolute Gasteiger partial charge is 0.424 e. The van der Waals surface area contributed by atoms with Crippen molar-refractivity contribution in [3.63, 3.8) is 0 Å². The van der Waals surface area contributed by atoms with Crippen molar-refractivity contribution in [2.45, 2.75) is 76.9 Å². The highest BCUT2D eigenvalue weighted by atomic mass is 16.6. The summed E-state index contributed by atoms with van der Waals surface area (Å²) in [4.78, 5) is 11.9. The molecule has 0 heterocycles. The maximum absolute atomic E-state index is 11.9.